The Kier molecular flexibility index (Phi) is 7.62. The van der Waals surface area contributed by atoms with Crippen molar-refractivity contribution < 1.29 is 19.1 Å². The van der Waals surface area contributed by atoms with E-state index in [0.717, 1.165) is 6.42 Å². The van der Waals surface area contributed by atoms with Crippen LogP contribution in [0.15, 0.2) is 0 Å². The van der Waals surface area contributed by atoms with Gasteiger partial charge in [0.15, 0.2) is 5.60 Å². The van der Waals surface area contributed by atoms with Crippen molar-refractivity contribution in [2.24, 2.45) is 11.5 Å². The lowest BCUT2D eigenvalue weighted by atomic mass is 10.1. The van der Waals surface area contributed by atoms with Gasteiger partial charge in [0.05, 0.1) is 0 Å². The van der Waals surface area contributed by atoms with Crippen LogP contribution in [0.4, 0.5) is 9.59 Å². The van der Waals surface area contributed by atoms with Crippen LogP contribution < -0.4 is 11.5 Å². The third-order valence-corrected chi connectivity index (χ3v) is 1.93. The van der Waals surface area contributed by atoms with Crippen molar-refractivity contribution in [2.45, 2.75) is 52.2 Å². The van der Waals surface area contributed by atoms with Gasteiger partial charge in [0.25, 0.3) is 0 Å². The monoisotopic (exact) mass is 258 g/mol. The van der Waals surface area contributed by atoms with Crippen molar-refractivity contribution in [3.63, 3.8) is 0 Å². The summed E-state index contributed by atoms with van der Waals surface area (Å²) in [6.07, 6.45) is 4.19. The zero-order valence-corrected chi connectivity index (χ0v) is 11.6. The maximum Gasteiger partial charge on any atom is 0.406 e. The molecule has 0 fully saturated rings. The molecule has 0 aliphatic carbocycles. The summed E-state index contributed by atoms with van der Waals surface area (Å²) in [5.74, 6) is 2.25. The predicted molar refractivity (Wildman–Crippen MR) is 68.6 cm³/mol. The Morgan fingerprint density at radius 3 is 1.61 bits per heavy atom. The second kappa shape index (κ2) is 7.43. The van der Waals surface area contributed by atoms with Gasteiger partial charge in [-0.3, -0.25) is 0 Å². The minimum atomic E-state index is -0.883. The van der Waals surface area contributed by atoms with Crippen molar-refractivity contribution in [1.29, 1.82) is 0 Å². The summed E-state index contributed by atoms with van der Waals surface area (Å²) in [5, 5.41) is 0. The third-order valence-electron chi connectivity index (χ3n) is 1.93. The van der Waals surface area contributed by atoms with Crippen LogP contribution in [0, 0.1) is 12.3 Å². The molecule has 6 nitrogen and oxygen atoms in total. The van der Waals surface area contributed by atoms with E-state index in [1.54, 1.807) is 13.8 Å². The molecule has 0 bridgehead atoms. The number of carbonyl (C=O) groups excluding carboxylic acids is 2. The highest BCUT2D eigenvalue weighted by molar-refractivity contribution is 5.65. The van der Waals surface area contributed by atoms with E-state index in [4.69, 9.17) is 22.6 Å². The van der Waals surface area contributed by atoms with Gasteiger partial charge in [-0.05, 0) is 34.1 Å². The van der Waals surface area contributed by atoms with E-state index >= 15 is 0 Å². The van der Waals surface area contributed by atoms with Crippen LogP contribution in [0.5, 0.6) is 0 Å². The fourth-order valence-electron chi connectivity index (χ4n) is 0.625. The van der Waals surface area contributed by atoms with Gasteiger partial charge in [0, 0.05) is 0 Å². The first-order valence-electron chi connectivity index (χ1n) is 5.40. The SMILES string of the molecule is C#CC(C)(C)OC(N)=O.CCC(C)(C)OC(N)=O. The Bertz CT molecular complexity index is 329. The standard InChI is InChI=1S/C6H13NO2.C6H9NO2/c2*1-4-6(2,3)9-5(7)8/h4H2,1-3H3,(H2,7,8);1H,2-3H3,(H2,7,8). The van der Waals surface area contributed by atoms with Gasteiger partial charge < -0.3 is 20.9 Å². The number of rotatable bonds is 3. The van der Waals surface area contributed by atoms with E-state index < -0.39 is 23.4 Å². The molecule has 4 N–H and O–H groups in total. The van der Waals surface area contributed by atoms with Crippen LogP contribution in [-0.4, -0.2) is 23.4 Å². The van der Waals surface area contributed by atoms with Crippen LogP contribution in [0.25, 0.3) is 0 Å². The van der Waals surface area contributed by atoms with Crippen LogP contribution in [0.2, 0.25) is 0 Å². The fourth-order valence-corrected chi connectivity index (χ4v) is 0.625. The molecule has 104 valence electrons. The van der Waals surface area contributed by atoms with Crippen molar-refractivity contribution in [3.05, 3.63) is 0 Å². The zero-order valence-electron chi connectivity index (χ0n) is 11.6. The largest absolute Gasteiger partial charge is 0.444 e. The van der Waals surface area contributed by atoms with Gasteiger partial charge in [-0.1, -0.05) is 12.8 Å². The summed E-state index contributed by atoms with van der Waals surface area (Å²) in [6, 6.07) is 0. The molecule has 0 aliphatic rings. The molecule has 0 aromatic carbocycles. The van der Waals surface area contributed by atoms with E-state index in [1.807, 2.05) is 20.8 Å². The summed E-state index contributed by atoms with van der Waals surface area (Å²) < 4.78 is 9.22. The highest BCUT2D eigenvalue weighted by Gasteiger charge is 2.18. The van der Waals surface area contributed by atoms with E-state index in [0.29, 0.717) is 0 Å². The molecule has 0 radical (unpaired) electrons. The van der Waals surface area contributed by atoms with E-state index in [2.05, 4.69) is 10.7 Å². The Labute approximate surface area is 108 Å². The first kappa shape index (κ1) is 18.5. The zero-order chi connectivity index (χ0) is 15.0. The molecule has 2 amide bonds. The molecule has 6 heteroatoms. The Morgan fingerprint density at radius 1 is 1.11 bits per heavy atom. The first-order valence-corrected chi connectivity index (χ1v) is 5.40. The van der Waals surface area contributed by atoms with Crippen LogP contribution in [0.1, 0.15) is 41.0 Å². The molecule has 0 unspecified atom stereocenters. The van der Waals surface area contributed by atoms with Gasteiger partial charge in [0.2, 0.25) is 0 Å². The van der Waals surface area contributed by atoms with Gasteiger partial charge in [-0.25, -0.2) is 9.59 Å². The van der Waals surface area contributed by atoms with Gasteiger partial charge >= 0.3 is 12.2 Å². The van der Waals surface area contributed by atoms with Crippen LogP contribution in [0.3, 0.4) is 0 Å². The second-order valence-corrected chi connectivity index (χ2v) is 4.61. The number of ether oxygens (including phenoxy) is 2. The quantitative estimate of drug-likeness (QED) is 0.752. The molecule has 0 saturated carbocycles. The van der Waals surface area contributed by atoms with Crippen molar-refractivity contribution in [1.82, 2.24) is 0 Å². The molecule has 0 atom stereocenters. The third kappa shape index (κ3) is 12.2. The predicted octanol–water partition coefficient (Wildman–Crippen LogP) is 1.76. The average Bonchev–Trinajstić information content (AvgIpc) is 2.15. The number of hydrogen-bond acceptors (Lipinski definition) is 4. The highest BCUT2D eigenvalue weighted by Crippen LogP contribution is 2.12. The van der Waals surface area contributed by atoms with E-state index in [9.17, 15) is 9.59 Å². The molecule has 18 heavy (non-hydrogen) atoms. The lowest BCUT2D eigenvalue weighted by Crippen LogP contribution is -2.30. The smallest absolute Gasteiger partial charge is 0.406 e. The van der Waals surface area contributed by atoms with Crippen LogP contribution in [-0.2, 0) is 9.47 Å². The van der Waals surface area contributed by atoms with Crippen LogP contribution >= 0.6 is 0 Å². The minimum Gasteiger partial charge on any atom is -0.444 e. The normalized spacial score (nSPS) is 10.4. The van der Waals surface area contributed by atoms with Gasteiger partial charge in [-0.15, -0.1) is 6.42 Å². The molecule has 0 heterocycles. The molecular weight excluding hydrogens is 236 g/mol. The number of amides is 2. The Hall–Kier alpha value is -1.90. The summed E-state index contributed by atoms with van der Waals surface area (Å²) in [6.45, 7) is 8.73. The fraction of sp³-hybridized carbons (Fsp3) is 0.667. The summed E-state index contributed by atoms with van der Waals surface area (Å²) in [5.41, 5.74) is 8.20. The lowest BCUT2D eigenvalue weighted by Gasteiger charge is -2.21. The molecule has 0 saturated heterocycles. The Balaban J connectivity index is 0. The van der Waals surface area contributed by atoms with E-state index in [1.165, 1.54) is 0 Å². The summed E-state index contributed by atoms with van der Waals surface area (Å²) in [4.78, 5) is 20.3. The summed E-state index contributed by atoms with van der Waals surface area (Å²) in [7, 11) is 0. The number of carbonyl (C=O) groups is 2. The summed E-state index contributed by atoms with van der Waals surface area (Å²) >= 11 is 0. The number of nitrogens with two attached hydrogens (primary N) is 2. The maximum atomic E-state index is 10.2. The highest BCUT2D eigenvalue weighted by atomic mass is 16.6. The first-order chi connectivity index (χ1) is 7.95. The molecule has 0 aliphatic heterocycles. The minimum absolute atomic E-state index is 0.411. The number of hydrogen-bond donors (Lipinski definition) is 2. The Morgan fingerprint density at radius 2 is 1.50 bits per heavy atom. The second-order valence-electron chi connectivity index (χ2n) is 4.61. The van der Waals surface area contributed by atoms with E-state index in [-0.39, 0.29) is 0 Å². The van der Waals surface area contributed by atoms with Crippen molar-refractivity contribution in [2.75, 3.05) is 0 Å². The molecular formula is C12H22N2O4. The number of primary amides is 2. The molecule has 0 aromatic rings. The average molecular weight is 258 g/mol. The lowest BCUT2D eigenvalue weighted by molar-refractivity contribution is 0.0429. The molecule has 0 rings (SSSR count). The van der Waals surface area contributed by atoms with Crippen molar-refractivity contribution >= 4 is 12.2 Å². The maximum absolute atomic E-state index is 10.2. The number of terminal acetylenes is 1. The van der Waals surface area contributed by atoms with Gasteiger partial charge in [0.1, 0.15) is 5.60 Å². The topological polar surface area (TPSA) is 105 Å². The molecule has 0 spiro atoms. The molecule has 0 aromatic heterocycles. The van der Waals surface area contributed by atoms with Crippen molar-refractivity contribution in [3.8, 4) is 12.3 Å². The van der Waals surface area contributed by atoms with Gasteiger partial charge in [-0.2, -0.15) is 0 Å².